The molecule has 2 amide bonds. The van der Waals surface area contributed by atoms with E-state index in [2.05, 4.69) is 20.0 Å². The topological polar surface area (TPSA) is 84.4 Å². The van der Waals surface area contributed by atoms with Crippen molar-refractivity contribution in [2.45, 2.75) is 26.0 Å². The molecule has 3 heterocycles. The molecular formula is C18H18F2N4O3. The Bertz CT molecular complexity index is 826. The third-order valence-electron chi connectivity index (χ3n) is 4.06. The van der Waals surface area contributed by atoms with Crippen LogP contribution in [0.15, 0.2) is 36.5 Å². The summed E-state index contributed by atoms with van der Waals surface area (Å²) in [4.78, 5) is 34.2. The Balaban J connectivity index is 1.63. The first-order valence-corrected chi connectivity index (χ1v) is 8.47. The lowest BCUT2D eigenvalue weighted by atomic mass is 10.2. The summed E-state index contributed by atoms with van der Waals surface area (Å²) in [6.45, 7) is -1.50. The van der Waals surface area contributed by atoms with Crippen molar-refractivity contribution in [3.63, 3.8) is 0 Å². The second kappa shape index (κ2) is 8.52. The molecule has 27 heavy (non-hydrogen) atoms. The lowest BCUT2D eigenvalue weighted by Crippen LogP contribution is -2.30. The molecule has 1 fully saturated rings. The van der Waals surface area contributed by atoms with Gasteiger partial charge in [0.15, 0.2) is 0 Å². The van der Waals surface area contributed by atoms with E-state index in [1.165, 1.54) is 18.3 Å². The summed E-state index contributed by atoms with van der Waals surface area (Å²) in [5.41, 5.74) is 0.873. The van der Waals surface area contributed by atoms with Crippen LogP contribution in [0.25, 0.3) is 0 Å². The zero-order valence-corrected chi connectivity index (χ0v) is 14.4. The van der Waals surface area contributed by atoms with E-state index in [-0.39, 0.29) is 29.7 Å². The Morgan fingerprint density at radius 1 is 1.19 bits per heavy atom. The van der Waals surface area contributed by atoms with Gasteiger partial charge in [0.25, 0.3) is 11.8 Å². The maximum absolute atomic E-state index is 12.4. The van der Waals surface area contributed by atoms with Gasteiger partial charge in [0.05, 0.1) is 0 Å². The summed E-state index contributed by atoms with van der Waals surface area (Å²) in [6, 6.07) is 7.57. The van der Waals surface area contributed by atoms with E-state index in [0.717, 1.165) is 12.8 Å². The summed E-state index contributed by atoms with van der Waals surface area (Å²) in [5, 5.41) is 2.63. The molecule has 3 rings (SSSR count). The molecule has 1 aliphatic heterocycles. The van der Waals surface area contributed by atoms with Gasteiger partial charge in [-0.05, 0) is 36.6 Å². The van der Waals surface area contributed by atoms with Crippen LogP contribution in [0.2, 0.25) is 0 Å². The maximum atomic E-state index is 12.4. The molecule has 0 bridgehead atoms. The van der Waals surface area contributed by atoms with Crippen LogP contribution in [0, 0.1) is 0 Å². The second-order valence-corrected chi connectivity index (χ2v) is 5.97. The van der Waals surface area contributed by atoms with Crippen molar-refractivity contribution < 1.29 is 23.1 Å². The number of nitrogens with zero attached hydrogens (tertiary/aromatic N) is 3. The molecule has 1 aliphatic rings. The monoisotopic (exact) mass is 376 g/mol. The molecule has 0 aromatic carbocycles. The summed E-state index contributed by atoms with van der Waals surface area (Å²) in [7, 11) is 0. The van der Waals surface area contributed by atoms with Gasteiger partial charge in [0.2, 0.25) is 5.88 Å². The Labute approximate surface area is 154 Å². The number of likely N-dealkylation sites (tertiary alicyclic amines) is 1. The molecule has 7 nitrogen and oxygen atoms in total. The zero-order valence-electron chi connectivity index (χ0n) is 14.4. The predicted molar refractivity (Wildman–Crippen MR) is 91.4 cm³/mol. The van der Waals surface area contributed by atoms with Crippen LogP contribution >= 0.6 is 0 Å². The largest absolute Gasteiger partial charge is 0.417 e. The van der Waals surface area contributed by atoms with Crippen LogP contribution in [0.3, 0.4) is 0 Å². The number of halogens is 2. The SMILES string of the molecule is O=C(NCc1ccnc(OC(F)F)c1)c1cccc(C(=O)N2CCCC2)n1. The van der Waals surface area contributed by atoms with Gasteiger partial charge >= 0.3 is 6.61 Å². The third-order valence-corrected chi connectivity index (χ3v) is 4.06. The van der Waals surface area contributed by atoms with Crippen LogP contribution in [-0.4, -0.2) is 46.4 Å². The van der Waals surface area contributed by atoms with Gasteiger partial charge in [-0.25, -0.2) is 9.97 Å². The molecule has 0 spiro atoms. The first kappa shape index (κ1) is 18.7. The molecule has 9 heteroatoms. The van der Waals surface area contributed by atoms with Crippen molar-refractivity contribution in [3.8, 4) is 5.88 Å². The van der Waals surface area contributed by atoms with E-state index in [1.807, 2.05) is 0 Å². The highest BCUT2D eigenvalue weighted by atomic mass is 19.3. The van der Waals surface area contributed by atoms with Gasteiger partial charge in [0, 0.05) is 31.9 Å². The van der Waals surface area contributed by atoms with Crippen LogP contribution < -0.4 is 10.1 Å². The number of alkyl halides is 2. The lowest BCUT2D eigenvalue weighted by molar-refractivity contribution is -0.0529. The number of rotatable bonds is 6. The molecule has 1 saturated heterocycles. The van der Waals surface area contributed by atoms with Gasteiger partial charge in [-0.15, -0.1) is 0 Å². The van der Waals surface area contributed by atoms with E-state index in [1.54, 1.807) is 23.1 Å². The Kier molecular flexibility index (Phi) is 5.90. The zero-order chi connectivity index (χ0) is 19.2. The highest BCUT2D eigenvalue weighted by molar-refractivity contribution is 5.96. The van der Waals surface area contributed by atoms with E-state index < -0.39 is 12.5 Å². The molecule has 0 radical (unpaired) electrons. The maximum Gasteiger partial charge on any atom is 0.388 e. The fraction of sp³-hybridized carbons (Fsp3) is 0.333. The molecule has 142 valence electrons. The van der Waals surface area contributed by atoms with Crippen LogP contribution in [-0.2, 0) is 6.54 Å². The average molecular weight is 376 g/mol. The van der Waals surface area contributed by atoms with E-state index >= 15 is 0 Å². The number of carbonyl (C=O) groups is 2. The minimum absolute atomic E-state index is 0.0763. The van der Waals surface area contributed by atoms with Crippen molar-refractivity contribution in [2.75, 3.05) is 13.1 Å². The average Bonchev–Trinajstić information content (AvgIpc) is 3.20. The number of hydrogen-bond acceptors (Lipinski definition) is 5. The number of ether oxygens (including phenoxy) is 1. The fourth-order valence-corrected chi connectivity index (χ4v) is 2.75. The summed E-state index contributed by atoms with van der Waals surface area (Å²) < 4.78 is 28.7. The predicted octanol–water partition coefficient (Wildman–Crippen LogP) is 2.24. The number of carbonyl (C=O) groups excluding carboxylic acids is 2. The number of aromatic nitrogens is 2. The summed E-state index contributed by atoms with van der Waals surface area (Å²) in [5.74, 6) is -0.891. The number of nitrogens with one attached hydrogen (secondary N) is 1. The van der Waals surface area contributed by atoms with Crippen LogP contribution in [0.1, 0.15) is 39.4 Å². The molecule has 0 saturated carbocycles. The van der Waals surface area contributed by atoms with Gasteiger partial charge in [-0.1, -0.05) is 6.07 Å². The summed E-state index contributed by atoms with van der Waals surface area (Å²) in [6.07, 6.45) is 3.25. The van der Waals surface area contributed by atoms with Crippen molar-refractivity contribution in [1.29, 1.82) is 0 Å². The van der Waals surface area contributed by atoms with Crippen molar-refractivity contribution >= 4 is 11.8 Å². The smallest absolute Gasteiger partial charge is 0.388 e. The minimum Gasteiger partial charge on any atom is -0.417 e. The highest BCUT2D eigenvalue weighted by Crippen LogP contribution is 2.13. The van der Waals surface area contributed by atoms with E-state index in [4.69, 9.17) is 0 Å². The highest BCUT2D eigenvalue weighted by Gasteiger charge is 2.21. The number of amides is 2. The van der Waals surface area contributed by atoms with E-state index in [9.17, 15) is 18.4 Å². The Hall–Kier alpha value is -3.10. The first-order valence-electron chi connectivity index (χ1n) is 8.47. The van der Waals surface area contributed by atoms with Crippen molar-refractivity contribution in [3.05, 3.63) is 53.5 Å². The van der Waals surface area contributed by atoms with Gasteiger partial charge in [-0.3, -0.25) is 9.59 Å². The van der Waals surface area contributed by atoms with Gasteiger partial charge in [0.1, 0.15) is 11.4 Å². The third kappa shape index (κ3) is 4.96. The Morgan fingerprint density at radius 3 is 2.67 bits per heavy atom. The molecule has 0 unspecified atom stereocenters. The van der Waals surface area contributed by atoms with Crippen LogP contribution in [0.5, 0.6) is 5.88 Å². The molecular weight excluding hydrogens is 358 g/mol. The quantitative estimate of drug-likeness (QED) is 0.836. The number of hydrogen-bond donors (Lipinski definition) is 1. The van der Waals surface area contributed by atoms with Crippen molar-refractivity contribution in [1.82, 2.24) is 20.2 Å². The fourth-order valence-electron chi connectivity index (χ4n) is 2.75. The summed E-state index contributed by atoms with van der Waals surface area (Å²) >= 11 is 0. The Morgan fingerprint density at radius 2 is 1.93 bits per heavy atom. The van der Waals surface area contributed by atoms with E-state index in [0.29, 0.717) is 18.7 Å². The lowest BCUT2D eigenvalue weighted by Gasteiger charge is -2.14. The number of pyridine rings is 2. The van der Waals surface area contributed by atoms with Crippen molar-refractivity contribution in [2.24, 2.45) is 0 Å². The standard InChI is InChI=1S/C18H18F2N4O3/c19-18(20)27-15-10-12(6-7-21-15)11-22-16(25)13-4-3-5-14(23-13)17(26)24-8-1-2-9-24/h3-7,10,18H,1-2,8-9,11H2,(H,22,25). The van der Waals surface area contributed by atoms with Crippen LogP contribution in [0.4, 0.5) is 8.78 Å². The van der Waals surface area contributed by atoms with Gasteiger partial charge < -0.3 is 15.0 Å². The molecule has 2 aromatic heterocycles. The second-order valence-electron chi connectivity index (χ2n) is 5.97. The molecule has 0 atom stereocenters. The minimum atomic E-state index is -2.97. The molecule has 1 N–H and O–H groups in total. The molecule has 0 aliphatic carbocycles. The van der Waals surface area contributed by atoms with Gasteiger partial charge in [-0.2, -0.15) is 8.78 Å². The first-order chi connectivity index (χ1) is 13.0. The normalized spacial score (nSPS) is 13.7. The molecule has 2 aromatic rings.